The molecule has 1 atom stereocenters. The van der Waals surface area contributed by atoms with Gasteiger partial charge in [-0.3, -0.25) is 0 Å². The summed E-state index contributed by atoms with van der Waals surface area (Å²) in [5.74, 6) is 0.765. The minimum Gasteiger partial charge on any atom is -0.495 e. The molecule has 1 unspecified atom stereocenters. The van der Waals surface area contributed by atoms with E-state index in [2.05, 4.69) is 18.3 Å². The van der Waals surface area contributed by atoms with Crippen LogP contribution in [0.5, 0.6) is 5.75 Å². The molecule has 1 aromatic rings. The number of halogens is 1. The minimum atomic E-state index is 0.321. The van der Waals surface area contributed by atoms with E-state index in [1.165, 1.54) is 11.1 Å². The molecule has 0 amide bonds. The molecule has 0 aliphatic carbocycles. The number of hydrogen-bond donors (Lipinski definition) is 1. The molecule has 0 fully saturated rings. The van der Waals surface area contributed by atoms with E-state index in [9.17, 15) is 0 Å². The molecule has 1 aliphatic rings. The molecule has 1 N–H and O–H groups in total. The predicted octanol–water partition coefficient (Wildman–Crippen LogP) is 2.56. The van der Waals surface area contributed by atoms with Crippen LogP contribution in [0, 0.1) is 0 Å². The summed E-state index contributed by atoms with van der Waals surface area (Å²) < 4.78 is 5.20. The van der Waals surface area contributed by atoms with Gasteiger partial charge in [0, 0.05) is 6.04 Å². The zero-order valence-electron chi connectivity index (χ0n) is 8.43. The average molecular weight is 212 g/mol. The highest BCUT2D eigenvalue weighted by atomic mass is 35.5. The monoisotopic (exact) mass is 211 g/mol. The quantitative estimate of drug-likeness (QED) is 0.771. The summed E-state index contributed by atoms with van der Waals surface area (Å²) in [6.45, 7) is 3.15. The third-order valence-electron chi connectivity index (χ3n) is 2.73. The van der Waals surface area contributed by atoms with Crippen molar-refractivity contribution in [2.24, 2.45) is 0 Å². The molecule has 2 rings (SSSR count). The first-order valence-corrected chi connectivity index (χ1v) is 5.20. The number of benzene rings is 1. The van der Waals surface area contributed by atoms with Gasteiger partial charge in [0.15, 0.2) is 0 Å². The molecular weight excluding hydrogens is 198 g/mol. The van der Waals surface area contributed by atoms with Gasteiger partial charge in [0.05, 0.1) is 12.1 Å². The zero-order chi connectivity index (χ0) is 10.1. The van der Waals surface area contributed by atoms with Gasteiger partial charge in [-0.25, -0.2) is 0 Å². The van der Waals surface area contributed by atoms with Crippen molar-refractivity contribution in [2.75, 3.05) is 13.7 Å². The van der Waals surface area contributed by atoms with E-state index in [1.54, 1.807) is 7.11 Å². The molecule has 1 heterocycles. The van der Waals surface area contributed by atoms with Crippen LogP contribution in [0.25, 0.3) is 0 Å². The minimum absolute atomic E-state index is 0.321. The summed E-state index contributed by atoms with van der Waals surface area (Å²) in [7, 11) is 1.65. The molecule has 0 spiro atoms. The molecule has 1 aliphatic heterocycles. The van der Waals surface area contributed by atoms with Crippen LogP contribution in [0.4, 0.5) is 0 Å². The first kappa shape index (κ1) is 9.81. The molecule has 0 radical (unpaired) electrons. The molecule has 3 heteroatoms. The maximum Gasteiger partial charge on any atom is 0.137 e. The summed E-state index contributed by atoms with van der Waals surface area (Å²) in [6.07, 6.45) is 1.05. The zero-order valence-corrected chi connectivity index (χ0v) is 9.19. The maximum atomic E-state index is 6.26. The normalized spacial score (nSPS) is 20.4. The summed E-state index contributed by atoms with van der Waals surface area (Å²) in [6, 6.07) is 4.37. The van der Waals surface area contributed by atoms with E-state index in [1.807, 2.05) is 6.07 Å². The summed E-state index contributed by atoms with van der Waals surface area (Å²) in [4.78, 5) is 0. The molecule has 76 valence electrons. The van der Waals surface area contributed by atoms with Crippen LogP contribution in [0.3, 0.4) is 0 Å². The Morgan fingerprint density at radius 3 is 3.00 bits per heavy atom. The Kier molecular flexibility index (Phi) is 2.66. The maximum absolute atomic E-state index is 6.26. The lowest BCUT2D eigenvalue weighted by Gasteiger charge is -2.25. The number of methoxy groups -OCH3 is 1. The molecule has 0 bridgehead atoms. The number of hydrogen-bond acceptors (Lipinski definition) is 2. The molecule has 2 nitrogen and oxygen atoms in total. The fraction of sp³-hybridized carbons (Fsp3) is 0.455. The van der Waals surface area contributed by atoms with E-state index in [-0.39, 0.29) is 0 Å². The number of rotatable bonds is 1. The first-order chi connectivity index (χ1) is 6.74. The highest BCUT2D eigenvalue weighted by Crippen LogP contribution is 2.36. The number of fused-ring (bicyclic) bond motifs is 1. The molecule has 14 heavy (non-hydrogen) atoms. The Bertz CT molecular complexity index is 351. The highest BCUT2D eigenvalue weighted by molar-refractivity contribution is 6.33. The van der Waals surface area contributed by atoms with Gasteiger partial charge < -0.3 is 10.1 Å². The topological polar surface area (TPSA) is 21.3 Å². The van der Waals surface area contributed by atoms with Gasteiger partial charge >= 0.3 is 0 Å². The lowest BCUT2D eigenvalue weighted by molar-refractivity contribution is 0.412. The lowest BCUT2D eigenvalue weighted by atomic mass is 9.95. The highest BCUT2D eigenvalue weighted by Gasteiger charge is 2.20. The van der Waals surface area contributed by atoms with Crippen LogP contribution < -0.4 is 10.1 Å². The van der Waals surface area contributed by atoms with Gasteiger partial charge in [-0.1, -0.05) is 17.7 Å². The van der Waals surface area contributed by atoms with Crippen LogP contribution in [0.1, 0.15) is 24.1 Å². The molecule has 1 aromatic carbocycles. The van der Waals surface area contributed by atoms with Gasteiger partial charge in [-0.05, 0) is 37.1 Å². The number of nitrogens with one attached hydrogen (secondary N) is 1. The van der Waals surface area contributed by atoms with Crippen LogP contribution in [0.15, 0.2) is 12.1 Å². The van der Waals surface area contributed by atoms with E-state index < -0.39 is 0 Å². The standard InChI is InChI=1S/C11H14ClNO/c1-7-10-8(5-6-13-7)3-4-9(14-2)11(10)12/h3-4,7,13H,5-6H2,1-2H3. The summed E-state index contributed by atoms with van der Waals surface area (Å²) in [5.41, 5.74) is 2.53. The van der Waals surface area contributed by atoms with Gasteiger partial charge in [-0.2, -0.15) is 0 Å². The Hall–Kier alpha value is -0.730. The Morgan fingerprint density at radius 2 is 2.29 bits per heavy atom. The van der Waals surface area contributed by atoms with Crippen molar-refractivity contribution in [1.29, 1.82) is 0 Å². The van der Waals surface area contributed by atoms with Gasteiger partial charge in [0.1, 0.15) is 5.75 Å². The molecule has 0 saturated heterocycles. The first-order valence-electron chi connectivity index (χ1n) is 4.82. The van der Waals surface area contributed by atoms with Crippen LogP contribution in [-0.4, -0.2) is 13.7 Å². The number of ether oxygens (including phenoxy) is 1. The van der Waals surface area contributed by atoms with Crippen molar-refractivity contribution in [1.82, 2.24) is 5.32 Å². The van der Waals surface area contributed by atoms with Crippen molar-refractivity contribution in [3.8, 4) is 5.75 Å². The third kappa shape index (κ3) is 1.49. The van der Waals surface area contributed by atoms with Crippen LogP contribution in [0.2, 0.25) is 5.02 Å². The van der Waals surface area contributed by atoms with E-state index in [0.717, 1.165) is 23.7 Å². The van der Waals surface area contributed by atoms with Gasteiger partial charge in [0.2, 0.25) is 0 Å². The SMILES string of the molecule is COc1ccc2c(c1Cl)C(C)NCC2. The summed E-state index contributed by atoms with van der Waals surface area (Å²) >= 11 is 6.26. The second kappa shape index (κ2) is 3.79. The largest absolute Gasteiger partial charge is 0.495 e. The Balaban J connectivity index is 2.54. The second-order valence-corrected chi connectivity index (χ2v) is 3.96. The van der Waals surface area contributed by atoms with E-state index in [0.29, 0.717) is 6.04 Å². The average Bonchev–Trinajstić information content (AvgIpc) is 2.18. The van der Waals surface area contributed by atoms with Gasteiger partial charge in [-0.15, -0.1) is 0 Å². The molecular formula is C11H14ClNO. The van der Waals surface area contributed by atoms with Gasteiger partial charge in [0.25, 0.3) is 0 Å². The summed E-state index contributed by atoms with van der Waals surface area (Å²) in [5, 5.41) is 4.14. The van der Waals surface area contributed by atoms with Crippen molar-refractivity contribution in [3.63, 3.8) is 0 Å². The molecule has 0 saturated carbocycles. The fourth-order valence-corrected chi connectivity index (χ4v) is 2.41. The van der Waals surface area contributed by atoms with Crippen molar-refractivity contribution in [2.45, 2.75) is 19.4 Å². The van der Waals surface area contributed by atoms with E-state index >= 15 is 0 Å². The van der Waals surface area contributed by atoms with E-state index in [4.69, 9.17) is 16.3 Å². The van der Waals surface area contributed by atoms with Crippen LogP contribution >= 0.6 is 11.6 Å². The van der Waals surface area contributed by atoms with Crippen molar-refractivity contribution in [3.05, 3.63) is 28.3 Å². The lowest BCUT2D eigenvalue weighted by Crippen LogP contribution is -2.28. The Morgan fingerprint density at radius 1 is 1.50 bits per heavy atom. The molecule has 0 aromatic heterocycles. The predicted molar refractivity (Wildman–Crippen MR) is 58.1 cm³/mol. The Labute approximate surface area is 89.2 Å². The van der Waals surface area contributed by atoms with Crippen molar-refractivity contribution < 1.29 is 4.74 Å². The fourth-order valence-electron chi connectivity index (χ4n) is 1.98. The third-order valence-corrected chi connectivity index (χ3v) is 3.12. The van der Waals surface area contributed by atoms with Crippen LogP contribution in [-0.2, 0) is 6.42 Å². The smallest absolute Gasteiger partial charge is 0.137 e. The second-order valence-electron chi connectivity index (χ2n) is 3.58. The van der Waals surface area contributed by atoms with Crippen molar-refractivity contribution >= 4 is 11.6 Å².